The Balaban J connectivity index is 1.36. The van der Waals surface area contributed by atoms with Gasteiger partial charge >= 0.3 is 0 Å². The first-order chi connectivity index (χ1) is 14.4. The number of ether oxygens (including phenoxy) is 1. The molecular formula is C22H22N4O3S. The number of amides is 2. The molecule has 4 rings (SSSR count). The van der Waals surface area contributed by atoms with Gasteiger partial charge in [0.25, 0.3) is 5.91 Å². The first kappa shape index (κ1) is 20.0. The zero-order valence-corrected chi connectivity index (χ0v) is 17.6. The number of fused-ring (bicyclic) bond motifs is 1. The predicted octanol–water partition coefficient (Wildman–Crippen LogP) is 3.77. The predicted molar refractivity (Wildman–Crippen MR) is 116 cm³/mol. The number of anilines is 2. The highest BCUT2D eigenvalue weighted by molar-refractivity contribution is 7.15. The minimum Gasteiger partial charge on any atom is -0.484 e. The molecule has 0 bridgehead atoms. The van der Waals surface area contributed by atoms with E-state index < -0.39 is 0 Å². The molecule has 1 aliphatic heterocycles. The average Bonchev–Trinajstić information content (AvgIpc) is 3.22. The van der Waals surface area contributed by atoms with Crippen LogP contribution >= 0.6 is 11.3 Å². The normalized spacial score (nSPS) is 13.3. The lowest BCUT2D eigenvalue weighted by molar-refractivity contribution is -0.118. The van der Waals surface area contributed by atoms with E-state index in [1.54, 1.807) is 12.1 Å². The molecule has 2 amide bonds. The Morgan fingerprint density at radius 3 is 2.77 bits per heavy atom. The molecular weight excluding hydrogens is 400 g/mol. The fourth-order valence-corrected chi connectivity index (χ4v) is 4.14. The van der Waals surface area contributed by atoms with E-state index in [2.05, 4.69) is 46.8 Å². The van der Waals surface area contributed by atoms with Crippen molar-refractivity contribution in [2.45, 2.75) is 32.1 Å². The standard InChI is InChI=1S/C22H22N4O3S/c1-22(2,15-6-4-3-5-7-15)20-25-26-21(30-20)24-19(28)13-29-16-9-10-17-14(12-16)8-11-18(27)23-17/h3-7,9-10,12H,8,11,13H2,1-2H3,(H,23,27)(H,24,26,28). The van der Waals surface area contributed by atoms with Crippen LogP contribution in [-0.4, -0.2) is 28.6 Å². The minimum absolute atomic E-state index is 0.0161. The minimum atomic E-state index is -0.309. The zero-order chi connectivity index (χ0) is 21.1. The lowest BCUT2D eigenvalue weighted by atomic mass is 9.85. The van der Waals surface area contributed by atoms with Gasteiger partial charge in [-0.15, -0.1) is 10.2 Å². The molecule has 3 aromatic rings. The molecule has 0 saturated carbocycles. The summed E-state index contributed by atoms with van der Waals surface area (Å²) in [6.45, 7) is 4.02. The summed E-state index contributed by atoms with van der Waals surface area (Å²) in [6.07, 6.45) is 1.12. The third-order valence-corrected chi connectivity index (χ3v) is 6.21. The largest absolute Gasteiger partial charge is 0.484 e. The summed E-state index contributed by atoms with van der Waals surface area (Å²) in [4.78, 5) is 23.7. The van der Waals surface area contributed by atoms with Gasteiger partial charge in [0.2, 0.25) is 11.0 Å². The van der Waals surface area contributed by atoms with E-state index in [0.717, 1.165) is 21.8 Å². The summed E-state index contributed by atoms with van der Waals surface area (Å²) in [5, 5.41) is 15.2. The van der Waals surface area contributed by atoms with E-state index in [4.69, 9.17) is 4.74 Å². The summed E-state index contributed by atoms with van der Waals surface area (Å²) >= 11 is 1.35. The van der Waals surface area contributed by atoms with Crippen LogP contribution in [0.5, 0.6) is 5.75 Å². The molecule has 154 valence electrons. The number of nitrogens with zero attached hydrogens (tertiary/aromatic N) is 2. The van der Waals surface area contributed by atoms with Gasteiger partial charge in [0, 0.05) is 17.5 Å². The number of carbonyl (C=O) groups is 2. The summed E-state index contributed by atoms with van der Waals surface area (Å²) in [5.74, 6) is 0.298. The second kappa shape index (κ2) is 8.23. The molecule has 8 heteroatoms. The smallest absolute Gasteiger partial charge is 0.264 e. The Kier molecular flexibility index (Phi) is 5.50. The topological polar surface area (TPSA) is 93.2 Å². The van der Waals surface area contributed by atoms with Gasteiger partial charge in [-0.1, -0.05) is 41.7 Å². The van der Waals surface area contributed by atoms with Gasteiger partial charge in [-0.05, 0) is 49.6 Å². The lowest BCUT2D eigenvalue weighted by Gasteiger charge is -2.21. The molecule has 0 radical (unpaired) electrons. The third-order valence-electron chi connectivity index (χ3n) is 5.04. The molecule has 0 spiro atoms. The zero-order valence-electron chi connectivity index (χ0n) is 16.8. The fourth-order valence-electron chi connectivity index (χ4n) is 3.26. The van der Waals surface area contributed by atoms with E-state index in [-0.39, 0.29) is 23.8 Å². The molecule has 2 heterocycles. The second-order valence-corrected chi connectivity index (χ2v) is 8.58. The van der Waals surface area contributed by atoms with Crippen LogP contribution in [0.25, 0.3) is 0 Å². The maximum atomic E-state index is 12.3. The number of benzene rings is 2. The Bertz CT molecular complexity index is 1080. The third kappa shape index (κ3) is 4.33. The Morgan fingerprint density at radius 2 is 1.97 bits per heavy atom. The highest BCUT2D eigenvalue weighted by atomic mass is 32.1. The van der Waals surface area contributed by atoms with Gasteiger partial charge < -0.3 is 10.1 Å². The lowest BCUT2D eigenvalue weighted by Crippen LogP contribution is -2.21. The first-order valence-corrected chi connectivity index (χ1v) is 10.5. The highest BCUT2D eigenvalue weighted by Crippen LogP contribution is 2.34. The first-order valence-electron chi connectivity index (χ1n) is 9.67. The number of aryl methyl sites for hydroxylation is 1. The highest BCUT2D eigenvalue weighted by Gasteiger charge is 2.27. The molecule has 30 heavy (non-hydrogen) atoms. The average molecular weight is 423 g/mol. The molecule has 1 aromatic heterocycles. The molecule has 2 N–H and O–H groups in total. The van der Waals surface area contributed by atoms with Gasteiger partial charge in [0.05, 0.1) is 0 Å². The summed E-state index contributed by atoms with van der Waals surface area (Å²) in [7, 11) is 0. The van der Waals surface area contributed by atoms with Crippen LogP contribution < -0.4 is 15.4 Å². The van der Waals surface area contributed by atoms with Gasteiger partial charge in [-0.25, -0.2) is 0 Å². The number of aromatic nitrogens is 2. The van der Waals surface area contributed by atoms with Crippen LogP contribution in [-0.2, 0) is 21.4 Å². The maximum Gasteiger partial charge on any atom is 0.264 e. The van der Waals surface area contributed by atoms with Crippen molar-refractivity contribution in [3.63, 3.8) is 0 Å². The number of carbonyl (C=O) groups excluding carboxylic acids is 2. The van der Waals surface area contributed by atoms with Crippen molar-refractivity contribution in [1.82, 2.24) is 10.2 Å². The van der Waals surface area contributed by atoms with Gasteiger partial charge in [0.1, 0.15) is 10.8 Å². The van der Waals surface area contributed by atoms with Crippen molar-refractivity contribution in [2.24, 2.45) is 0 Å². The molecule has 0 saturated heterocycles. The van der Waals surface area contributed by atoms with E-state index >= 15 is 0 Å². The van der Waals surface area contributed by atoms with Crippen LogP contribution in [0.1, 0.15) is 36.4 Å². The van der Waals surface area contributed by atoms with E-state index in [1.807, 2.05) is 24.3 Å². The van der Waals surface area contributed by atoms with Crippen molar-refractivity contribution in [3.05, 3.63) is 64.7 Å². The summed E-state index contributed by atoms with van der Waals surface area (Å²) < 4.78 is 5.61. The molecule has 7 nitrogen and oxygen atoms in total. The van der Waals surface area contributed by atoms with Gasteiger partial charge in [0.15, 0.2) is 6.61 Å². The number of nitrogens with one attached hydrogen (secondary N) is 2. The van der Waals surface area contributed by atoms with Gasteiger partial charge in [-0.3, -0.25) is 14.9 Å². The maximum absolute atomic E-state index is 12.3. The quantitative estimate of drug-likeness (QED) is 0.631. The molecule has 0 atom stereocenters. The fraction of sp³-hybridized carbons (Fsp3) is 0.273. The molecule has 2 aromatic carbocycles. The van der Waals surface area contributed by atoms with Crippen LogP contribution in [0, 0.1) is 0 Å². The molecule has 1 aliphatic rings. The van der Waals surface area contributed by atoms with Crippen molar-refractivity contribution in [1.29, 1.82) is 0 Å². The van der Waals surface area contributed by atoms with Crippen LogP contribution in [0.4, 0.5) is 10.8 Å². The van der Waals surface area contributed by atoms with E-state index in [9.17, 15) is 9.59 Å². The van der Waals surface area contributed by atoms with Crippen molar-refractivity contribution in [3.8, 4) is 5.75 Å². The SMILES string of the molecule is CC(C)(c1ccccc1)c1nnc(NC(=O)COc2ccc3c(c2)CCC(=O)N3)s1. The van der Waals surface area contributed by atoms with Crippen molar-refractivity contribution >= 4 is 34.0 Å². The van der Waals surface area contributed by atoms with E-state index in [1.165, 1.54) is 11.3 Å². The Morgan fingerprint density at radius 1 is 1.17 bits per heavy atom. The number of hydrogen-bond acceptors (Lipinski definition) is 6. The van der Waals surface area contributed by atoms with Crippen molar-refractivity contribution < 1.29 is 14.3 Å². The van der Waals surface area contributed by atoms with Crippen molar-refractivity contribution in [2.75, 3.05) is 17.2 Å². The Hall–Kier alpha value is -3.26. The Labute approximate surface area is 178 Å². The van der Waals surface area contributed by atoms with Crippen LogP contribution in [0.2, 0.25) is 0 Å². The molecule has 0 aliphatic carbocycles. The van der Waals surface area contributed by atoms with E-state index in [0.29, 0.717) is 23.7 Å². The molecule has 0 fully saturated rings. The van der Waals surface area contributed by atoms with Crippen LogP contribution in [0.15, 0.2) is 48.5 Å². The summed E-state index contributed by atoms with van der Waals surface area (Å²) in [6, 6.07) is 15.5. The van der Waals surface area contributed by atoms with Crippen LogP contribution in [0.3, 0.4) is 0 Å². The summed E-state index contributed by atoms with van der Waals surface area (Å²) in [5.41, 5.74) is 2.62. The van der Waals surface area contributed by atoms with Gasteiger partial charge in [-0.2, -0.15) is 0 Å². The monoisotopic (exact) mass is 422 g/mol. The molecule has 0 unspecified atom stereocenters. The number of hydrogen-bond donors (Lipinski definition) is 2. The number of rotatable bonds is 6. The second-order valence-electron chi connectivity index (χ2n) is 7.61.